The number of rotatable bonds is 8. The lowest BCUT2D eigenvalue weighted by Gasteiger charge is -2.38. The fraction of sp³-hybridized carbons (Fsp3) is 1.00. The van der Waals surface area contributed by atoms with Crippen LogP contribution in [0.5, 0.6) is 0 Å². The van der Waals surface area contributed by atoms with E-state index in [1.807, 2.05) is 0 Å². The van der Waals surface area contributed by atoms with Crippen LogP contribution in [0.4, 0.5) is 0 Å². The molecule has 0 aliphatic carbocycles. The van der Waals surface area contributed by atoms with Crippen LogP contribution in [0.3, 0.4) is 0 Å². The molecule has 0 N–H and O–H groups in total. The van der Waals surface area contributed by atoms with Gasteiger partial charge in [-0.2, -0.15) is 0 Å². The first-order valence-corrected chi connectivity index (χ1v) is 7.87. The SMILES string of the molecule is CCC(C)C(O[SiH3])C(C(C)CC)C(C)CC. The van der Waals surface area contributed by atoms with E-state index in [4.69, 9.17) is 4.43 Å². The molecule has 0 aromatic heterocycles. The molecule has 0 saturated carbocycles. The van der Waals surface area contributed by atoms with Gasteiger partial charge < -0.3 is 4.43 Å². The maximum absolute atomic E-state index is 5.95. The Labute approximate surface area is 106 Å². The van der Waals surface area contributed by atoms with Crippen molar-refractivity contribution in [2.45, 2.75) is 66.9 Å². The van der Waals surface area contributed by atoms with Crippen LogP contribution in [0.1, 0.15) is 60.8 Å². The number of hydrogen-bond donors (Lipinski definition) is 0. The lowest BCUT2D eigenvalue weighted by Crippen LogP contribution is -2.37. The van der Waals surface area contributed by atoms with Gasteiger partial charge in [0.25, 0.3) is 0 Å². The van der Waals surface area contributed by atoms with Gasteiger partial charge in [0.05, 0.1) is 0 Å². The van der Waals surface area contributed by atoms with Crippen molar-refractivity contribution in [2.75, 3.05) is 0 Å². The van der Waals surface area contributed by atoms with Crippen molar-refractivity contribution in [1.82, 2.24) is 0 Å². The predicted octanol–water partition coefficient (Wildman–Crippen LogP) is 3.41. The molecule has 2 heteroatoms. The van der Waals surface area contributed by atoms with E-state index in [1.54, 1.807) is 0 Å². The topological polar surface area (TPSA) is 9.23 Å². The van der Waals surface area contributed by atoms with Gasteiger partial charge in [0.2, 0.25) is 0 Å². The van der Waals surface area contributed by atoms with Crippen LogP contribution in [-0.2, 0) is 4.43 Å². The van der Waals surface area contributed by atoms with Crippen molar-refractivity contribution < 1.29 is 4.43 Å². The molecule has 98 valence electrons. The van der Waals surface area contributed by atoms with Crippen LogP contribution >= 0.6 is 0 Å². The molecule has 0 heterocycles. The average Bonchev–Trinajstić information content (AvgIpc) is 2.32. The molecule has 0 fully saturated rings. The van der Waals surface area contributed by atoms with Crippen LogP contribution < -0.4 is 0 Å². The van der Waals surface area contributed by atoms with Crippen LogP contribution in [-0.4, -0.2) is 16.6 Å². The second kappa shape index (κ2) is 8.29. The first-order chi connectivity index (χ1) is 7.53. The molecule has 16 heavy (non-hydrogen) atoms. The fourth-order valence-electron chi connectivity index (χ4n) is 2.75. The first-order valence-electron chi connectivity index (χ1n) is 7.06. The molecule has 0 aliphatic rings. The Balaban J connectivity index is 4.82. The minimum atomic E-state index is 0.488. The van der Waals surface area contributed by atoms with Crippen molar-refractivity contribution in [2.24, 2.45) is 23.7 Å². The van der Waals surface area contributed by atoms with Gasteiger partial charge in [-0.25, -0.2) is 0 Å². The molecule has 0 bridgehead atoms. The van der Waals surface area contributed by atoms with Gasteiger partial charge in [0.15, 0.2) is 0 Å². The summed E-state index contributed by atoms with van der Waals surface area (Å²) in [4.78, 5) is 0. The predicted molar refractivity (Wildman–Crippen MR) is 76.7 cm³/mol. The van der Waals surface area contributed by atoms with E-state index in [1.165, 1.54) is 19.3 Å². The monoisotopic (exact) mass is 244 g/mol. The quantitative estimate of drug-likeness (QED) is 0.595. The summed E-state index contributed by atoms with van der Waals surface area (Å²) in [6.07, 6.45) is 4.26. The highest BCUT2D eigenvalue weighted by Crippen LogP contribution is 2.34. The normalized spacial score (nSPS) is 21.4. The summed E-state index contributed by atoms with van der Waals surface area (Å²) >= 11 is 0. The summed E-state index contributed by atoms with van der Waals surface area (Å²) < 4.78 is 5.95. The van der Waals surface area contributed by atoms with Gasteiger partial charge in [-0.15, -0.1) is 0 Å². The summed E-state index contributed by atoms with van der Waals surface area (Å²) in [6, 6.07) is 0. The van der Waals surface area contributed by atoms with Gasteiger partial charge in [-0.1, -0.05) is 60.8 Å². The maximum Gasteiger partial charge on any atom is 0.146 e. The Kier molecular flexibility index (Phi) is 8.39. The molecule has 0 aromatic rings. The van der Waals surface area contributed by atoms with Gasteiger partial charge in [-0.05, 0) is 23.7 Å². The highest BCUT2D eigenvalue weighted by molar-refractivity contribution is 5.98. The highest BCUT2D eigenvalue weighted by atomic mass is 28.2. The number of hydrogen-bond acceptors (Lipinski definition) is 1. The molecule has 0 saturated heterocycles. The molecule has 0 radical (unpaired) electrons. The molecule has 1 nitrogen and oxygen atoms in total. The van der Waals surface area contributed by atoms with Crippen LogP contribution in [0, 0.1) is 23.7 Å². The molecule has 4 atom stereocenters. The second-order valence-electron chi connectivity index (χ2n) is 5.43. The van der Waals surface area contributed by atoms with Crippen LogP contribution in [0.25, 0.3) is 0 Å². The van der Waals surface area contributed by atoms with E-state index in [2.05, 4.69) is 41.5 Å². The van der Waals surface area contributed by atoms with E-state index < -0.39 is 0 Å². The zero-order chi connectivity index (χ0) is 12.7. The van der Waals surface area contributed by atoms with Crippen LogP contribution in [0.15, 0.2) is 0 Å². The fourth-order valence-corrected chi connectivity index (χ4v) is 3.53. The zero-order valence-corrected chi connectivity index (χ0v) is 14.4. The van der Waals surface area contributed by atoms with Gasteiger partial charge in [-0.3, -0.25) is 0 Å². The maximum atomic E-state index is 5.95. The van der Waals surface area contributed by atoms with Crippen molar-refractivity contribution >= 4 is 10.5 Å². The molecule has 0 aliphatic heterocycles. The minimum absolute atomic E-state index is 0.488. The molecule has 0 spiro atoms. The second-order valence-corrected chi connectivity index (χ2v) is 5.91. The van der Waals surface area contributed by atoms with Crippen molar-refractivity contribution in [3.05, 3.63) is 0 Å². The summed E-state index contributed by atoms with van der Waals surface area (Å²) in [5, 5.41) is 0. The Morgan fingerprint density at radius 2 is 1.19 bits per heavy atom. The minimum Gasteiger partial charge on any atom is -0.424 e. The molecule has 0 amide bonds. The molecule has 0 rings (SSSR count). The van der Waals surface area contributed by atoms with Crippen molar-refractivity contribution in [1.29, 1.82) is 0 Å². The zero-order valence-electron chi connectivity index (χ0n) is 12.4. The Bertz CT molecular complexity index is 162. The van der Waals surface area contributed by atoms with E-state index in [0.29, 0.717) is 12.0 Å². The van der Waals surface area contributed by atoms with E-state index in [9.17, 15) is 0 Å². The molecular weight excluding hydrogens is 212 g/mol. The lowest BCUT2D eigenvalue weighted by atomic mass is 9.73. The molecule has 0 aromatic carbocycles. The summed E-state index contributed by atoms with van der Waals surface area (Å²) in [5.74, 6) is 3.00. The summed E-state index contributed by atoms with van der Waals surface area (Å²) in [6.45, 7) is 14.0. The van der Waals surface area contributed by atoms with Crippen molar-refractivity contribution in [3.8, 4) is 0 Å². The third kappa shape index (κ3) is 4.21. The van der Waals surface area contributed by atoms with Gasteiger partial charge in [0, 0.05) is 6.10 Å². The largest absolute Gasteiger partial charge is 0.424 e. The van der Waals surface area contributed by atoms with E-state index in [0.717, 1.165) is 28.2 Å². The first kappa shape index (κ1) is 16.2. The average molecular weight is 244 g/mol. The lowest BCUT2D eigenvalue weighted by molar-refractivity contribution is 0.0275. The van der Waals surface area contributed by atoms with Gasteiger partial charge in [0.1, 0.15) is 10.5 Å². The third-order valence-electron chi connectivity index (χ3n) is 4.46. The molecular formula is C14H32OSi. The Morgan fingerprint density at radius 3 is 1.44 bits per heavy atom. The summed E-state index contributed by atoms with van der Waals surface area (Å²) in [7, 11) is 0.869. The van der Waals surface area contributed by atoms with Crippen molar-refractivity contribution in [3.63, 3.8) is 0 Å². The van der Waals surface area contributed by atoms with Gasteiger partial charge >= 0.3 is 0 Å². The summed E-state index contributed by atoms with van der Waals surface area (Å²) in [5.41, 5.74) is 0. The van der Waals surface area contributed by atoms with E-state index >= 15 is 0 Å². The standard InChI is InChI=1S/C14H32OSi/c1-7-10(4)13(11(5)8-2)14(15-16)12(6)9-3/h10-14H,7-9H2,1-6,16H3. The highest BCUT2D eigenvalue weighted by Gasteiger charge is 2.32. The Hall–Kier alpha value is 0.177. The van der Waals surface area contributed by atoms with Crippen LogP contribution in [0.2, 0.25) is 0 Å². The molecule has 4 unspecified atom stereocenters. The smallest absolute Gasteiger partial charge is 0.146 e. The Morgan fingerprint density at radius 1 is 0.812 bits per heavy atom. The third-order valence-corrected chi connectivity index (χ3v) is 5.00. The van der Waals surface area contributed by atoms with E-state index in [-0.39, 0.29) is 0 Å².